The molecular formula is C25H28N2O3. The Labute approximate surface area is 177 Å². The van der Waals surface area contributed by atoms with Crippen molar-refractivity contribution in [3.8, 4) is 11.5 Å². The SMILES string of the molecule is O=C(c1ccc2c(c1)Oc1ccccc1C2C1CC2CCC(C1)N2)N1CCC(O)C1. The highest BCUT2D eigenvalue weighted by atomic mass is 16.5. The molecule has 3 saturated heterocycles. The molecule has 30 heavy (non-hydrogen) atoms. The Morgan fingerprint density at radius 3 is 2.53 bits per heavy atom. The second-order valence-electron chi connectivity index (χ2n) is 9.43. The molecule has 5 nitrogen and oxygen atoms in total. The fourth-order valence-electron chi connectivity index (χ4n) is 6.12. The maximum atomic E-state index is 13.0. The van der Waals surface area contributed by atoms with Crippen molar-refractivity contribution in [3.63, 3.8) is 0 Å². The topological polar surface area (TPSA) is 61.8 Å². The van der Waals surface area contributed by atoms with Gasteiger partial charge in [0, 0.05) is 47.8 Å². The predicted octanol–water partition coefficient (Wildman–Crippen LogP) is 3.66. The highest BCUT2D eigenvalue weighted by molar-refractivity contribution is 5.95. The van der Waals surface area contributed by atoms with Gasteiger partial charge in [0.25, 0.3) is 5.91 Å². The maximum absolute atomic E-state index is 13.0. The number of likely N-dealkylation sites (tertiary alicyclic amines) is 1. The molecule has 0 spiro atoms. The molecule has 5 heteroatoms. The molecule has 2 aromatic rings. The van der Waals surface area contributed by atoms with E-state index in [9.17, 15) is 9.90 Å². The fourth-order valence-corrected chi connectivity index (χ4v) is 6.12. The van der Waals surface area contributed by atoms with E-state index in [1.54, 1.807) is 4.90 Å². The number of fused-ring (bicyclic) bond motifs is 4. The average molecular weight is 405 g/mol. The lowest BCUT2D eigenvalue weighted by Crippen LogP contribution is -2.40. The minimum Gasteiger partial charge on any atom is -0.457 e. The van der Waals surface area contributed by atoms with Crippen LogP contribution in [0.15, 0.2) is 42.5 Å². The van der Waals surface area contributed by atoms with E-state index in [0.717, 1.165) is 11.5 Å². The fraction of sp³-hybridized carbons (Fsp3) is 0.480. The van der Waals surface area contributed by atoms with E-state index in [1.165, 1.54) is 36.8 Å². The number of aliphatic hydroxyl groups is 1. The molecule has 0 aliphatic carbocycles. The molecule has 1 amide bonds. The number of nitrogens with one attached hydrogen (secondary N) is 1. The highest BCUT2D eigenvalue weighted by Crippen LogP contribution is 2.51. The summed E-state index contributed by atoms with van der Waals surface area (Å²) in [5, 5.41) is 13.6. The number of amides is 1. The summed E-state index contributed by atoms with van der Waals surface area (Å²) in [4.78, 5) is 14.7. The summed E-state index contributed by atoms with van der Waals surface area (Å²) < 4.78 is 6.31. The van der Waals surface area contributed by atoms with Crippen LogP contribution in [0.1, 0.15) is 59.5 Å². The quantitative estimate of drug-likeness (QED) is 0.802. The van der Waals surface area contributed by atoms with Gasteiger partial charge >= 0.3 is 0 Å². The minimum absolute atomic E-state index is 0.0201. The van der Waals surface area contributed by atoms with Crippen molar-refractivity contribution in [1.82, 2.24) is 10.2 Å². The average Bonchev–Trinajstić information content (AvgIpc) is 3.35. The molecular weight excluding hydrogens is 376 g/mol. The van der Waals surface area contributed by atoms with Crippen LogP contribution in [0.2, 0.25) is 0 Å². The second kappa shape index (κ2) is 7.10. The lowest BCUT2D eigenvalue weighted by Gasteiger charge is -2.38. The molecule has 0 radical (unpaired) electrons. The van der Waals surface area contributed by atoms with Gasteiger partial charge in [0.15, 0.2) is 0 Å². The highest BCUT2D eigenvalue weighted by Gasteiger charge is 2.41. The summed E-state index contributed by atoms with van der Waals surface area (Å²) >= 11 is 0. The smallest absolute Gasteiger partial charge is 0.254 e. The molecule has 4 atom stereocenters. The van der Waals surface area contributed by atoms with Crippen molar-refractivity contribution in [2.75, 3.05) is 13.1 Å². The van der Waals surface area contributed by atoms with E-state index in [0.29, 0.717) is 49.0 Å². The molecule has 4 unspecified atom stereocenters. The van der Waals surface area contributed by atoms with Crippen LogP contribution in [0, 0.1) is 5.92 Å². The van der Waals surface area contributed by atoms with Gasteiger partial charge in [-0.1, -0.05) is 24.3 Å². The van der Waals surface area contributed by atoms with Gasteiger partial charge in [-0.15, -0.1) is 0 Å². The van der Waals surface area contributed by atoms with Crippen molar-refractivity contribution < 1.29 is 14.6 Å². The molecule has 4 aliphatic heterocycles. The number of para-hydroxylation sites is 1. The predicted molar refractivity (Wildman–Crippen MR) is 114 cm³/mol. The maximum Gasteiger partial charge on any atom is 0.254 e. The molecule has 6 rings (SSSR count). The molecule has 156 valence electrons. The number of carbonyl (C=O) groups excluding carboxylic acids is 1. The molecule has 2 aromatic carbocycles. The van der Waals surface area contributed by atoms with Crippen LogP contribution < -0.4 is 10.1 Å². The van der Waals surface area contributed by atoms with Crippen molar-refractivity contribution in [2.24, 2.45) is 5.92 Å². The zero-order valence-corrected chi connectivity index (χ0v) is 17.1. The van der Waals surface area contributed by atoms with E-state index in [4.69, 9.17) is 4.74 Å². The largest absolute Gasteiger partial charge is 0.457 e. The van der Waals surface area contributed by atoms with Crippen LogP contribution in [0.3, 0.4) is 0 Å². The Morgan fingerprint density at radius 2 is 1.77 bits per heavy atom. The van der Waals surface area contributed by atoms with Gasteiger partial charge in [-0.2, -0.15) is 0 Å². The van der Waals surface area contributed by atoms with Gasteiger partial charge < -0.3 is 20.1 Å². The summed E-state index contributed by atoms with van der Waals surface area (Å²) in [7, 11) is 0. The van der Waals surface area contributed by atoms with E-state index in [1.807, 2.05) is 24.3 Å². The Morgan fingerprint density at radius 1 is 1.00 bits per heavy atom. The van der Waals surface area contributed by atoms with Crippen LogP contribution in [-0.2, 0) is 0 Å². The van der Waals surface area contributed by atoms with Gasteiger partial charge in [0.1, 0.15) is 11.5 Å². The number of carbonyl (C=O) groups is 1. The van der Waals surface area contributed by atoms with Crippen molar-refractivity contribution in [1.29, 1.82) is 0 Å². The summed E-state index contributed by atoms with van der Waals surface area (Å²) in [6, 6.07) is 15.6. The van der Waals surface area contributed by atoms with Gasteiger partial charge in [0.2, 0.25) is 0 Å². The monoisotopic (exact) mass is 404 g/mol. The van der Waals surface area contributed by atoms with E-state index in [2.05, 4.69) is 23.5 Å². The van der Waals surface area contributed by atoms with Crippen LogP contribution in [0.25, 0.3) is 0 Å². The first-order chi connectivity index (χ1) is 14.7. The third-order valence-electron chi connectivity index (χ3n) is 7.50. The normalized spacial score (nSPS) is 31.8. The Kier molecular flexibility index (Phi) is 4.36. The molecule has 3 fully saturated rings. The minimum atomic E-state index is -0.408. The zero-order valence-electron chi connectivity index (χ0n) is 17.1. The van der Waals surface area contributed by atoms with E-state index in [-0.39, 0.29) is 5.91 Å². The molecule has 4 aliphatic rings. The third kappa shape index (κ3) is 3.03. The molecule has 0 aromatic heterocycles. The second-order valence-corrected chi connectivity index (χ2v) is 9.43. The number of benzene rings is 2. The Balaban J connectivity index is 1.37. The van der Waals surface area contributed by atoms with E-state index < -0.39 is 6.10 Å². The first-order valence-corrected chi connectivity index (χ1v) is 11.3. The molecule has 4 heterocycles. The standard InChI is InChI=1S/C25H28N2O3/c28-19-9-10-27(14-19)25(29)15-5-8-21-23(13-15)30-22-4-2-1-3-20(22)24(21)16-11-17-6-7-18(12-16)26-17/h1-5,8,13,16-19,24,26,28H,6-7,9-12,14H2. The number of β-amino-alcohol motifs (C(OH)–C–C–N with tert-alkyl or cyclic N) is 1. The van der Waals surface area contributed by atoms with Gasteiger partial charge in [-0.3, -0.25) is 4.79 Å². The summed E-state index contributed by atoms with van der Waals surface area (Å²) in [6.07, 6.45) is 5.21. The first kappa shape index (κ1) is 18.4. The number of hydrogen-bond donors (Lipinski definition) is 2. The zero-order chi connectivity index (χ0) is 20.2. The number of piperidine rings is 1. The summed E-state index contributed by atoms with van der Waals surface area (Å²) in [6.45, 7) is 1.03. The number of ether oxygens (including phenoxy) is 1. The number of aliphatic hydroxyl groups excluding tert-OH is 1. The summed E-state index contributed by atoms with van der Waals surface area (Å²) in [5.41, 5.74) is 3.13. The number of rotatable bonds is 2. The van der Waals surface area contributed by atoms with Crippen LogP contribution in [0.4, 0.5) is 0 Å². The van der Waals surface area contributed by atoms with Gasteiger partial charge in [0.05, 0.1) is 6.10 Å². The first-order valence-electron chi connectivity index (χ1n) is 11.3. The molecule has 2 N–H and O–H groups in total. The Bertz CT molecular complexity index is 978. The number of nitrogens with zero attached hydrogens (tertiary/aromatic N) is 1. The van der Waals surface area contributed by atoms with Gasteiger partial charge in [-0.05, 0) is 56.2 Å². The van der Waals surface area contributed by atoms with Gasteiger partial charge in [-0.25, -0.2) is 0 Å². The lowest BCUT2D eigenvalue weighted by molar-refractivity contribution is 0.0764. The third-order valence-corrected chi connectivity index (χ3v) is 7.50. The van der Waals surface area contributed by atoms with Crippen LogP contribution in [-0.4, -0.2) is 47.2 Å². The van der Waals surface area contributed by atoms with E-state index >= 15 is 0 Å². The van der Waals surface area contributed by atoms with Crippen molar-refractivity contribution in [3.05, 3.63) is 59.2 Å². The van der Waals surface area contributed by atoms with Crippen LogP contribution >= 0.6 is 0 Å². The molecule has 0 saturated carbocycles. The molecule has 2 bridgehead atoms. The number of hydrogen-bond acceptors (Lipinski definition) is 4. The lowest BCUT2D eigenvalue weighted by atomic mass is 9.73. The summed E-state index contributed by atoms with van der Waals surface area (Å²) in [5.74, 6) is 2.61. The van der Waals surface area contributed by atoms with Crippen molar-refractivity contribution >= 4 is 5.91 Å². The van der Waals surface area contributed by atoms with Crippen molar-refractivity contribution in [2.45, 2.75) is 56.2 Å². The van der Waals surface area contributed by atoms with Crippen LogP contribution in [0.5, 0.6) is 11.5 Å². The Hall–Kier alpha value is -2.37.